The molecule has 34 heavy (non-hydrogen) atoms. The van der Waals surface area contributed by atoms with Gasteiger partial charge in [0, 0.05) is 91.6 Å². The van der Waals surface area contributed by atoms with Crippen LogP contribution in [-0.2, 0) is 13.1 Å². The standard InChI is InChI=1S/C26H50N8/c1-7-27-10-11-28-9-2-19-33(20-16-29-8-1)23-25-3-5-26(6-4-25)24-34-21-17-31-14-12-30-13-15-32-18-22-34/h3-6,27-32H,1-2,7-24H2. The van der Waals surface area contributed by atoms with Crippen molar-refractivity contribution in [3.05, 3.63) is 35.4 Å². The minimum Gasteiger partial charge on any atom is -0.315 e. The second-order valence-electron chi connectivity index (χ2n) is 9.58. The van der Waals surface area contributed by atoms with Crippen molar-refractivity contribution in [1.29, 1.82) is 0 Å². The summed E-state index contributed by atoms with van der Waals surface area (Å²) in [6.45, 7) is 19.3. The predicted octanol–water partition coefficient (Wildman–Crippen LogP) is -0.364. The van der Waals surface area contributed by atoms with Crippen molar-refractivity contribution in [2.24, 2.45) is 0 Å². The third kappa shape index (κ3) is 12.6. The summed E-state index contributed by atoms with van der Waals surface area (Å²) in [7, 11) is 0. The molecule has 8 heteroatoms. The Morgan fingerprint density at radius 2 is 0.765 bits per heavy atom. The Morgan fingerprint density at radius 3 is 1.26 bits per heavy atom. The first-order valence-electron chi connectivity index (χ1n) is 13.7. The second kappa shape index (κ2) is 18.2. The number of nitrogens with zero attached hydrogens (tertiary/aromatic N) is 2. The molecule has 0 atom stereocenters. The van der Waals surface area contributed by atoms with E-state index in [1.807, 2.05) is 0 Å². The quantitative estimate of drug-likeness (QED) is 0.353. The summed E-state index contributed by atoms with van der Waals surface area (Å²) in [4.78, 5) is 5.18. The maximum absolute atomic E-state index is 3.62. The molecule has 0 unspecified atom stereocenters. The number of nitrogens with one attached hydrogen (secondary N) is 6. The van der Waals surface area contributed by atoms with Crippen molar-refractivity contribution < 1.29 is 0 Å². The lowest BCUT2D eigenvalue weighted by Crippen LogP contribution is -2.41. The highest BCUT2D eigenvalue weighted by Gasteiger charge is 2.09. The second-order valence-corrected chi connectivity index (χ2v) is 9.58. The Labute approximate surface area is 208 Å². The van der Waals surface area contributed by atoms with E-state index in [4.69, 9.17) is 0 Å². The molecule has 0 radical (unpaired) electrons. The fourth-order valence-corrected chi connectivity index (χ4v) is 4.56. The van der Waals surface area contributed by atoms with Crippen molar-refractivity contribution in [2.45, 2.75) is 25.9 Å². The Morgan fingerprint density at radius 1 is 0.412 bits per heavy atom. The molecule has 0 aliphatic carbocycles. The first kappa shape index (κ1) is 27.5. The van der Waals surface area contributed by atoms with Gasteiger partial charge in [-0.25, -0.2) is 0 Å². The average Bonchev–Trinajstić information content (AvgIpc) is 2.84. The van der Waals surface area contributed by atoms with E-state index in [1.165, 1.54) is 24.0 Å². The molecule has 0 amide bonds. The summed E-state index contributed by atoms with van der Waals surface area (Å²) in [6, 6.07) is 9.37. The van der Waals surface area contributed by atoms with Gasteiger partial charge in [-0.05, 0) is 50.1 Å². The first-order chi connectivity index (χ1) is 16.9. The van der Waals surface area contributed by atoms with Gasteiger partial charge in [0.25, 0.3) is 0 Å². The van der Waals surface area contributed by atoms with Crippen LogP contribution in [0, 0.1) is 0 Å². The van der Waals surface area contributed by atoms with Gasteiger partial charge >= 0.3 is 0 Å². The maximum atomic E-state index is 3.62. The van der Waals surface area contributed by atoms with Crippen LogP contribution >= 0.6 is 0 Å². The van der Waals surface area contributed by atoms with E-state index in [9.17, 15) is 0 Å². The van der Waals surface area contributed by atoms with Crippen LogP contribution < -0.4 is 31.9 Å². The van der Waals surface area contributed by atoms with Gasteiger partial charge in [0.15, 0.2) is 0 Å². The van der Waals surface area contributed by atoms with Crippen LogP contribution in [0.3, 0.4) is 0 Å². The molecule has 2 fully saturated rings. The third-order valence-corrected chi connectivity index (χ3v) is 6.62. The normalized spacial score (nSPS) is 22.8. The number of benzene rings is 1. The van der Waals surface area contributed by atoms with Crippen LogP contribution in [0.5, 0.6) is 0 Å². The Bertz CT molecular complexity index is 585. The van der Waals surface area contributed by atoms with Gasteiger partial charge in [0.2, 0.25) is 0 Å². The van der Waals surface area contributed by atoms with E-state index in [2.05, 4.69) is 66.0 Å². The molecule has 0 spiro atoms. The van der Waals surface area contributed by atoms with E-state index < -0.39 is 0 Å². The van der Waals surface area contributed by atoms with Gasteiger partial charge in [-0.2, -0.15) is 0 Å². The summed E-state index contributed by atoms with van der Waals surface area (Å²) < 4.78 is 0. The van der Waals surface area contributed by atoms with Crippen LogP contribution in [0.15, 0.2) is 24.3 Å². The van der Waals surface area contributed by atoms with Crippen LogP contribution in [0.25, 0.3) is 0 Å². The van der Waals surface area contributed by atoms with E-state index in [-0.39, 0.29) is 0 Å². The van der Waals surface area contributed by atoms with Crippen LogP contribution in [-0.4, -0.2) is 115 Å². The topological polar surface area (TPSA) is 78.7 Å². The number of hydrogen-bond acceptors (Lipinski definition) is 8. The van der Waals surface area contributed by atoms with E-state index in [0.29, 0.717) is 0 Å². The van der Waals surface area contributed by atoms with Crippen molar-refractivity contribution in [2.75, 3.05) is 105 Å². The molecule has 2 aliphatic heterocycles. The zero-order chi connectivity index (χ0) is 23.5. The minimum absolute atomic E-state index is 1.02. The predicted molar refractivity (Wildman–Crippen MR) is 143 cm³/mol. The largest absolute Gasteiger partial charge is 0.315 e. The smallest absolute Gasteiger partial charge is 0.0234 e. The Hall–Kier alpha value is -1.10. The Kier molecular flexibility index (Phi) is 14.7. The molecule has 3 rings (SSSR count). The maximum Gasteiger partial charge on any atom is 0.0234 e. The fraction of sp³-hybridized carbons (Fsp3) is 0.769. The molecule has 0 bridgehead atoms. The molecule has 2 heterocycles. The monoisotopic (exact) mass is 474 g/mol. The number of rotatable bonds is 4. The lowest BCUT2D eigenvalue weighted by Gasteiger charge is -2.25. The molecule has 2 aliphatic rings. The van der Waals surface area contributed by atoms with Crippen molar-refractivity contribution in [3.8, 4) is 0 Å². The van der Waals surface area contributed by atoms with Gasteiger partial charge in [-0.15, -0.1) is 0 Å². The zero-order valence-electron chi connectivity index (χ0n) is 21.3. The van der Waals surface area contributed by atoms with Crippen molar-refractivity contribution in [1.82, 2.24) is 41.7 Å². The third-order valence-electron chi connectivity index (χ3n) is 6.62. The van der Waals surface area contributed by atoms with E-state index in [1.54, 1.807) is 0 Å². The van der Waals surface area contributed by atoms with E-state index in [0.717, 1.165) is 118 Å². The summed E-state index contributed by atoms with van der Waals surface area (Å²) in [5.41, 5.74) is 2.84. The zero-order valence-corrected chi connectivity index (χ0v) is 21.3. The molecule has 0 saturated carbocycles. The van der Waals surface area contributed by atoms with Crippen molar-refractivity contribution >= 4 is 0 Å². The highest BCUT2D eigenvalue weighted by atomic mass is 15.2. The minimum atomic E-state index is 1.02. The first-order valence-corrected chi connectivity index (χ1v) is 13.7. The van der Waals surface area contributed by atoms with Gasteiger partial charge < -0.3 is 31.9 Å². The lowest BCUT2D eigenvalue weighted by molar-refractivity contribution is 0.259. The molecule has 1 aromatic carbocycles. The Balaban J connectivity index is 1.46. The molecule has 2 saturated heterocycles. The SMILES string of the molecule is c1cc(CN2CCNCCNCCNCC2)ccc1CN1CCCNCCNCCCNCC1. The highest BCUT2D eigenvalue weighted by molar-refractivity contribution is 5.22. The van der Waals surface area contributed by atoms with Crippen LogP contribution in [0.4, 0.5) is 0 Å². The average molecular weight is 475 g/mol. The molecule has 8 nitrogen and oxygen atoms in total. The summed E-state index contributed by atoms with van der Waals surface area (Å²) in [5.74, 6) is 0. The van der Waals surface area contributed by atoms with Gasteiger partial charge in [-0.1, -0.05) is 24.3 Å². The van der Waals surface area contributed by atoms with Gasteiger partial charge in [-0.3, -0.25) is 9.80 Å². The lowest BCUT2D eigenvalue weighted by atomic mass is 10.1. The molecule has 194 valence electrons. The van der Waals surface area contributed by atoms with Gasteiger partial charge in [0.05, 0.1) is 0 Å². The molecule has 0 aromatic heterocycles. The molecular weight excluding hydrogens is 424 g/mol. The summed E-state index contributed by atoms with van der Waals surface area (Å²) in [6.07, 6.45) is 2.40. The van der Waals surface area contributed by atoms with E-state index >= 15 is 0 Å². The number of hydrogen-bond donors (Lipinski definition) is 6. The molecule has 6 N–H and O–H groups in total. The van der Waals surface area contributed by atoms with Crippen LogP contribution in [0.1, 0.15) is 24.0 Å². The van der Waals surface area contributed by atoms with Crippen LogP contribution in [0.2, 0.25) is 0 Å². The summed E-state index contributed by atoms with van der Waals surface area (Å²) in [5, 5.41) is 21.3. The van der Waals surface area contributed by atoms with Crippen molar-refractivity contribution in [3.63, 3.8) is 0 Å². The molecule has 1 aromatic rings. The fourth-order valence-electron chi connectivity index (χ4n) is 4.56. The summed E-state index contributed by atoms with van der Waals surface area (Å²) >= 11 is 0. The highest BCUT2D eigenvalue weighted by Crippen LogP contribution is 2.10. The molecular formula is C26H50N8. The van der Waals surface area contributed by atoms with Gasteiger partial charge in [0.1, 0.15) is 0 Å².